The van der Waals surface area contributed by atoms with Gasteiger partial charge in [0.1, 0.15) is 11.3 Å². The van der Waals surface area contributed by atoms with Crippen molar-refractivity contribution >= 4 is 22.9 Å². The molecule has 1 saturated heterocycles. The highest BCUT2D eigenvalue weighted by molar-refractivity contribution is 6.30. The summed E-state index contributed by atoms with van der Waals surface area (Å²) in [5.74, 6) is 0. The molecule has 8 nitrogen and oxygen atoms in total. The van der Waals surface area contributed by atoms with E-state index in [1.165, 1.54) is 24.0 Å². The molecule has 1 aromatic carbocycles. The lowest BCUT2D eigenvalue weighted by atomic mass is 10.2. The standard InChI is InChI=1S/C27H27ClN8/c28-23-6-3-20(4-7-23)12-29-13-21-5-8-27-31-24(17-35(27)16-21)18-36-19-26(32-33-36)22-11-25(15-30-14-22)34-9-1-2-10-34/h3-8,11,14-17,19,29H,1-2,9-10,12-13,18H2. The van der Waals surface area contributed by atoms with Gasteiger partial charge in [-0.2, -0.15) is 0 Å². The number of pyridine rings is 2. The van der Waals surface area contributed by atoms with E-state index >= 15 is 0 Å². The Morgan fingerprint density at radius 1 is 0.889 bits per heavy atom. The van der Waals surface area contributed by atoms with Crippen molar-refractivity contribution in [3.8, 4) is 11.3 Å². The summed E-state index contributed by atoms with van der Waals surface area (Å²) in [6.07, 6.45) is 12.4. The lowest BCUT2D eigenvalue weighted by Crippen LogP contribution is -2.17. The molecule has 9 heteroatoms. The molecular weight excluding hydrogens is 472 g/mol. The molecule has 5 heterocycles. The van der Waals surface area contributed by atoms with Gasteiger partial charge in [0.25, 0.3) is 0 Å². The number of nitrogens with one attached hydrogen (secondary N) is 1. The number of aromatic nitrogens is 6. The topological polar surface area (TPSA) is 76.2 Å². The summed E-state index contributed by atoms with van der Waals surface area (Å²) in [7, 11) is 0. The van der Waals surface area contributed by atoms with Crippen molar-refractivity contribution in [2.75, 3.05) is 18.0 Å². The Bertz CT molecular complexity index is 1470. The van der Waals surface area contributed by atoms with Gasteiger partial charge in [-0.1, -0.05) is 35.0 Å². The molecule has 0 saturated carbocycles. The number of fused-ring (bicyclic) bond motifs is 1. The number of halogens is 1. The molecule has 1 aliphatic heterocycles. The van der Waals surface area contributed by atoms with Crippen LogP contribution in [0, 0.1) is 0 Å². The molecule has 0 unspecified atom stereocenters. The zero-order valence-electron chi connectivity index (χ0n) is 19.9. The summed E-state index contributed by atoms with van der Waals surface area (Å²) in [6.45, 7) is 4.29. The largest absolute Gasteiger partial charge is 0.370 e. The van der Waals surface area contributed by atoms with Crippen LogP contribution >= 0.6 is 11.6 Å². The fourth-order valence-corrected chi connectivity index (χ4v) is 4.74. The van der Waals surface area contributed by atoms with Gasteiger partial charge in [-0.05, 0) is 48.2 Å². The maximum atomic E-state index is 5.97. The van der Waals surface area contributed by atoms with E-state index in [1.807, 2.05) is 53.6 Å². The predicted octanol–water partition coefficient (Wildman–Crippen LogP) is 4.58. The van der Waals surface area contributed by atoms with Crippen molar-refractivity contribution in [3.05, 3.63) is 95.3 Å². The van der Waals surface area contributed by atoms with Gasteiger partial charge in [0.05, 0.1) is 30.3 Å². The Morgan fingerprint density at radius 2 is 1.69 bits per heavy atom. The van der Waals surface area contributed by atoms with Gasteiger partial charge >= 0.3 is 0 Å². The molecule has 1 fully saturated rings. The van der Waals surface area contributed by atoms with Crippen molar-refractivity contribution in [1.82, 2.24) is 34.7 Å². The average molecular weight is 499 g/mol. The Labute approximate surface area is 214 Å². The van der Waals surface area contributed by atoms with Gasteiger partial charge < -0.3 is 14.6 Å². The fourth-order valence-electron chi connectivity index (χ4n) is 4.61. The SMILES string of the molecule is Clc1ccc(CNCc2ccc3nc(Cn4cc(-c5cncc(N6CCCC6)c5)nn4)cn3c2)cc1. The normalized spacial score (nSPS) is 13.6. The maximum Gasteiger partial charge on any atom is 0.137 e. The average Bonchev–Trinajstić information content (AvgIpc) is 3.66. The van der Waals surface area contributed by atoms with Gasteiger partial charge in [-0.15, -0.1) is 5.10 Å². The van der Waals surface area contributed by atoms with Crippen molar-refractivity contribution in [1.29, 1.82) is 0 Å². The van der Waals surface area contributed by atoms with E-state index < -0.39 is 0 Å². The molecule has 4 aromatic heterocycles. The van der Waals surface area contributed by atoms with E-state index in [1.54, 1.807) is 0 Å². The number of nitrogens with zero attached hydrogens (tertiary/aromatic N) is 7. The number of anilines is 1. The first kappa shape index (κ1) is 22.7. The third-order valence-corrected chi connectivity index (χ3v) is 6.74. The molecule has 182 valence electrons. The molecule has 0 aliphatic carbocycles. The minimum absolute atomic E-state index is 0.554. The van der Waals surface area contributed by atoms with Crippen molar-refractivity contribution < 1.29 is 0 Å². The monoisotopic (exact) mass is 498 g/mol. The van der Waals surface area contributed by atoms with Crippen LogP contribution < -0.4 is 10.2 Å². The van der Waals surface area contributed by atoms with Crippen LogP contribution in [-0.2, 0) is 19.6 Å². The Hall–Kier alpha value is -3.75. The quantitative estimate of drug-likeness (QED) is 0.337. The first-order valence-electron chi connectivity index (χ1n) is 12.2. The minimum Gasteiger partial charge on any atom is -0.370 e. The summed E-state index contributed by atoms with van der Waals surface area (Å²) in [4.78, 5) is 11.6. The van der Waals surface area contributed by atoms with Gasteiger partial charge in [-0.25, -0.2) is 9.67 Å². The molecule has 1 aliphatic rings. The van der Waals surface area contributed by atoms with Crippen LogP contribution in [0.15, 0.2) is 73.4 Å². The highest BCUT2D eigenvalue weighted by atomic mass is 35.5. The van der Waals surface area contributed by atoms with Gasteiger partial charge in [0.15, 0.2) is 0 Å². The number of imidazole rings is 1. The molecule has 0 atom stereocenters. The molecular formula is C27H27ClN8. The minimum atomic E-state index is 0.554. The van der Waals surface area contributed by atoms with Crippen LogP contribution in [0.5, 0.6) is 0 Å². The summed E-state index contributed by atoms with van der Waals surface area (Å²) in [5, 5.41) is 13.0. The van der Waals surface area contributed by atoms with Crippen LogP contribution in [0.1, 0.15) is 29.7 Å². The second kappa shape index (κ2) is 10.1. The molecule has 0 bridgehead atoms. The number of hydrogen-bond acceptors (Lipinski definition) is 6. The lowest BCUT2D eigenvalue weighted by Gasteiger charge is -2.17. The predicted molar refractivity (Wildman–Crippen MR) is 141 cm³/mol. The van der Waals surface area contributed by atoms with E-state index in [9.17, 15) is 0 Å². The van der Waals surface area contributed by atoms with E-state index in [2.05, 4.69) is 54.4 Å². The van der Waals surface area contributed by atoms with Crippen molar-refractivity contribution in [2.24, 2.45) is 0 Å². The first-order chi connectivity index (χ1) is 17.7. The number of benzene rings is 1. The Balaban J connectivity index is 1.11. The van der Waals surface area contributed by atoms with E-state index in [0.717, 1.165) is 59.5 Å². The van der Waals surface area contributed by atoms with E-state index in [4.69, 9.17) is 16.6 Å². The molecule has 5 aromatic rings. The molecule has 0 amide bonds. The molecule has 0 spiro atoms. The van der Waals surface area contributed by atoms with Crippen LogP contribution in [0.2, 0.25) is 5.02 Å². The van der Waals surface area contributed by atoms with Crippen molar-refractivity contribution in [2.45, 2.75) is 32.5 Å². The first-order valence-corrected chi connectivity index (χ1v) is 12.6. The maximum absolute atomic E-state index is 5.97. The van der Waals surface area contributed by atoms with Crippen LogP contribution in [-0.4, -0.2) is 42.5 Å². The Kier molecular flexibility index (Phi) is 6.36. The third kappa shape index (κ3) is 5.10. The van der Waals surface area contributed by atoms with E-state index in [0.29, 0.717) is 6.54 Å². The Morgan fingerprint density at radius 3 is 2.56 bits per heavy atom. The highest BCUT2D eigenvalue weighted by Crippen LogP contribution is 2.24. The van der Waals surface area contributed by atoms with Crippen LogP contribution in [0.3, 0.4) is 0 Å². The molecule has 36 heavy (non-hydrogen) atoms. The van der Waals surface area contributed by atoms with Gasteiger partial charge in [0, 0.05) is 55.4 Å². The van der Waals surface area contributed by atoms with Gasteiger partial charge in [-0.3, -0.25) is 4.98 Å². The molecule has 1 N–H and O–H groups in total. The van der Waals surface area contributed by atoms with Crippen LogP contribution in [0.25, 0.3) is 16.9 Å². The van der Waals surface area contributed by atoms with Crippen LogP contribution in [0.4, 0.5) is 5.69 Å². The number of hydrogen-bond donors (Lipinski definition) is 1. The fraction of sp³-hybridized carbons (Fsp3) is 0.259. The lowest BCUT2D eigenvalue weighted by molar-refractivity contribution is 0.641. The molecule has 0 radical (unpaired) electrons. The summed E-state index contributed by atoms with van der Waals surface area (Å²) in [5.41, 5.74) is 7.19. The second-order valence-corrected chi connectivity index (χ2v) is 9.63. The highest BCUT2D eigenvalue weighted by Gasteiger charge is 2.14. The zero-order valence-corrected chi connectivity index (χ0v) is 20.6. The molecule has 6 rings (SSSR count). The summed E-state index contributed by atoms with van der Waals surface area (Å²) >= 11 is 5.97. The summed E-state index contributed by atoms with van der Waals surface area (Å²) in [6, 6.07) is 14.2. The smallest absolute Gasteiger partial charge is 0.137 e. The third-order valence-electron chi connectivity index (χ3n) is 6.49. The zero-order chi connectivity index (χ0) is 24.3. The van der Waals surface area contributed by atoms with Gasteiger partial charge in [0.2, 0.25) is 0 Å². The van der Waals surface area contributed by atoms with Crippen molar-refractivity contribution in [3.63, 3.8) is 0 Å². The number of rotatable bonds is 8. The second-order valence-electron chi connectivity index (χ2n) is 9.19. The summed E-state index contributed by atoms with van der Waals surface area (Å²) < 4.78 is 3.89. The van der Waals surface area contributed by atoms with E-state index in [-0.39, 0.29) is 0 Å².